The standard InChI is InChI=1S/C46H40BN3/c1-4-15-32(16-5-1)48(33-17-6-2-7-18-33)35-25-28-39-43(30-35)50-41-23-13-12-22-37(41)38-26-29-42-44(46(38)50)47(39)40-27-24-31-14-10-11-21-36(31)45(40)49(42)34-19-8-3-9-20-34/h1-9,15-20,24-30,37,41H,10-14,21-23H2/i37D,41D. The minimum Gasteiger partial charge on any atom is -0.338 e. The molecule has 0 spiro atoms. The predicted molar refractivity (Wildman–Crippen MR) is 211 cm³/mol. The zero-order valence-electron chi connectivity index (χ0n) is 30.3. The number of fused-ring (bicyclic) bond motifs is 10. The summed E-state index contributed by atoms with van der Waals surface area (Å²) in [6.45, 7) is 0.00157. The number of anilines is 8. The highest BCUT2D eigenvalue weighted by Gasteiger charge is 2.51. The molecule has 2 unspecified atom stereocenters. The predicted octanol–water partition coefficient (Wildman–Crippen LogP) is 9.83. The van der Waals surface area contributed by atoms with Gasteiger partial charge in [-0.3, -0.25) is 0 Å². The highest BCUT2D eigenvalue weighted by atomic mass is 15.2. The molecule has 5 aliphatic rings. The van der Waals surface area contributed by atoms with E-state index in [1.165, 1.54) is 57.4 Å². The number of nitrogens with zero attached hydrogens (tertiary/aromatic N) is 3. The second-order valence-corrected chi connectivity index (χ2v) is 14.6. The number of hydrogen-bond donors (Lipinski definition) is 0. The van der Waals surface area contributed by atoms with Crippen LogP contribution in [0.25, 0.3) is 0 Å². The van der Waals surface area contributed by atoms with Crippen LogP contribution in [0.15, 0.2) is 133 Å². The van der Waals surface area contributed by atoms with Gasteiger partial charge in [0.15, 0.2) is 0 Å². The normalized spacial score (nSPS) is 22.8. The molecular formula is C46H40BN3. The van der Waals surface area contributed by atoms with Crippen molar-refractivity contribution >= 4 is 68.6 Å². The molecule has 0 bridgehead atoms. The van der Waals surface area contributed by atoms with Gasteiger partial charge in [0.25, 0.3) is 6.71 Å². The van der Waals surface area contributed by atoms with E-state index in [1.807, 2.05) is 0 Å². The molecule has 3 nitrogen and oxygen atoms in total. The molecule has 3 aliphatic heterocycles. The van der Waals surface area contributed by atoms with Crippen LogP contribution in [0.2, 0.25) is 0 Å². The molecule has 0 aromatic heterocycles. The molecule has 6 aromatic carbocycles. The lowest BCUT2D eigenvalue weighted by Gasteiger charge is -2.46. The Kier molecular flexibility index (Phi) is 5.94. The zero-order chi connectivity index (χ0) is 34.6. The zero-order valence-corrected chi connectivity index (χ0v) is 28.3. The van der Waals surface area contributed by atoms with Gasteiger partial charge in [0.2, 0.25) is 0 Å². The molecule has 3 heterocycles. The van der Waals surface area contributed by atoms with E-state index in [0.29, 0.717) is 12.8 Å². The second kappa shape index (κ2) is 11.1. The maximum absolute atomic E-state index is 10.5. The van der Waals surface area contributed by atoms with E-state index < -0.39 is 11.9 Å². The van der Waals surface area contributed by atoms with Crippen molar-refractivity contribution in [3.8, 4) is 0 Å². The molecule has 242 valence electrons. The molecule has 0 radical (unpaired) electrons. The molecule has 2 aliphatic carbocycles. The van der Waals surface area contributed by atoms with E-state index in [4.69, 9.17) is 0 Å². The summed E-state index contributed by atoms with van der Waals surface area (Å²) in [6.07, 6.45) is 7.96. The van der Waals surface area contributed by atoms with Crippen molar-refractivity contribution in [2.45, 2.75) is 63.3 Å². The molecule has 50 heavy (non-hydrogen) atoms. The van der Waals surface area contributed by atoms with Crippen molar-refractivity contribution in [3.05, 3.63) is 150 Å². The summed E-state index contributed by atoms with van der Waals surface area (Å²) >= 11 is 0. The number of rotatable bonds is 4. The van der Waals surface area contributed by atoms with Gasteiger partial charge in [0.05, 0.1) is 1.37 Å². The molecule has 6 aromatic rings. The van der Waals surface area contributed by atoms with Gasteiger partial charge in [-0.05, 0) is 126 Å². The van der Waals surface area contributed by atoms with Gasteiger partial charge in [-0.1, -0.05) is 91.7 Å². The number of benzene rings is 6. The quantitative estimate of drug-likeness (QED) is 0.176. The molecular weight excluding hydrogens is 605 g/mol. The maximum atomic E-state index is 10.5. The van der Waals surface area contributed by atoms with Crippen LogP contribution in [-0.4, -0.2) is 12.7 Å². The Morgan fingerprint density at radius 1 is 0.600 bits per heavy atom. The largest absolute Gasteiger partial charge is 0.338 e. The van der Waals surface area contributed by atoms with E-state index in [1.54, 1.807) is 0 Å². The second-order valence-electron chi connectivity index (χ2n) is 14.6. The Labute approximate surface area is 298 Å². The first-order valence-electron chi connectivity index (χ1n) is 19.6. The third-order valence-electron chi connectivity index (χ3n) is 11.9. The third kappa shape index (κ3) is 4.05. The van der Waals surface area contributed by atoms with Gasteiger partial charge in [-0.25, -0.2) is 0 Å². The molecule has 0 saturated heterocycles. The van der Waals surface area contributed by atoms with Gasteiger partial charge in [-0.2, -0.15) is 0 Å². The molecule has 1 fully saturated rings. The van der Waals surface area contributed by atoms with Gasteiger partial charge in [-0.15, -0.1) is 0 Å². The Hall–Kier alpha value is -5.22. The third-order valence-corrected chi connectivity index (χ3v) is 11.9. The van der Waals surface area contributed by atoms with Gasteiger partial charge < -0.3 is 14.7 Å². The number of para-hydroxylation sites is 3. The highest BCUT2D eigenvalue weighted by Crippen LogP contribution is 2.55. The van der Waals surface area contributed by atoms with E-state index in [0.717, 1.165) is 59.7 Å². The van der Waals surface area contributed by atoms with E-state index >= 15 is 0 Å². The van der Waals surface area contributed by atoms with Gasteiger partial charge >= 0.3 is 0 Å². The van der Waals surface area contributed by atoms with Crippen molar-refractivity contribution in [1.82, 2.24) is 0 Å². The van der Waals surface area contributed by atoms with Crippen molar-refractivity contribution < 1.29 is 2.74 Å². The van der Waals surface area contributed by atoms with E-state index in [-0.39, 0.29) is 6.71 Å². The number of aryl methyl sites for hydroxylation is 1. The molecule has 1 saturated carbocycles. The monoisotopic (exact) mass is 647 g/mol. The first-order chi connectivity index (χ1) is 25.6. The van der Waals surface area contributed by atoms with Crippen LogP contribution in [-0.2, 0) is 12.8 Å². The average Bonchev–Trinajstić information content (AvgIpc) is 3.42. The van der Waals surface area contributed by atoms with Gasteiger partial charge in [0.1, 0.15) is 0 Å². The lowest BCUT2D eigenvalue weighted by atomic mass is 9.33. The van der Waals surface area contributed by atoms with Crippen LogP contribution in [0.5, 0.6) is 0 Å². The van der Waals surface area contributed by atoms with Crippen LogP contribution < -0.4 is 31.1 Å². The van der Waals surface area contributed by atoms with Gasteiger partial charge in [0, 0.05) is 58.8 Å². The highest BCUT2D eigenvalue weighted by molar-refractivity contribution is 7.00. The summed E-state index contributed by atoms with van der Waals surface area (Å²) < 4.78 is 20.7. The molecule has 0 N–H and O–H groups in total. The molecule has 0 amide bonds. The fourth-order valence-corrected chi connectivity index (χ4v) is 9.87. The van der Waals surface area contributed by atoms with Crippen molar-refractivity contribution in [2.75, 3.05) is 14.7 Å². The summed E-state index contributed by atoms with van der Waals surface area (Å²) in [6, 6.07) is 47.3. The summed E-state index contributed by atoms with van der Waals surface area (Å²) in [5.41, 5.74) is 17.0. The van der Waals surface area contributed by atoms with E-state index in [2.05, 4.69) is 148 Å². The average molecular weight is 648 g/mol. The van der Waals surface area contributed by atoms with Crippen molar-refractivity contribution in [2.24, 2.45) is 0 Å². The van der Waals surface area contributed by atoms with Crippen molar-refractivity contribution in [3.63, 3.8) is 0 Å². The fraction of sp³-hybridized carbons (Fsp3) is 0.217. The minimum atomic E-state index is -1.11. The topological polar surface area (TPSA) is 9.72 Å². The smallest absolute Gasteiger partial charge is 0.252 e. The Morgan fingerprint density at radius 2 is 1.30 bits per heavy atom. The molecule has 11 rings (SSSR count). The van der Waals surface area contributed by atoms with Crippen LogP contribution in [0.1, 0.15) is 63.9 Å². The maximum Gasteiger partial charge on any atom is 0.252 e. The first kappa shape index (κ1) is 26.6. The van der Waals surface area contributed by atoms with E-state index in [9.17, 15) is 2.74 Å². The van der Waals surface area contributed by atoms with Crippen LogP contribution in [0.4, 0.5) is 45.5 Å². The summed E-state index contributed by atoms with van der Waals surface area (Å²) in [4.78, 5) is 7.20. The van der Waals surface area contributed by atoms with Crippen molar-refractivity contribution in [1.29, 1.82) is 0 Å². The molecule has 2 atom stereocenters. The van der Waals surface area contributed by atoms with Crippen LogP contribution in [0.3, 0.4) is 0 Å². The Morgan fingerprint density at radius 3 is 2.08 bits per heavy atom. The fourth-order valence-electron chi connectivity index (χ4n) is 9.87. The lowest BCUT2D eigenvalue weighted by molar-refractivity contribution is 0.402. The lowest BCUT2D eigenvalue weighted by Crippen LogP contribution is -2.62. The summed E-state index contributed by atoms with van der Waals surface area (Å²) in [5.74, 6) is -1.02. The Bertz CT molecular complexity index is 2350. The van der Waals surface area contributed by atoms with Crippen LogP contribution in [0, 0.1) is 0 Å². The number of hydrogen-bond acceptors (Lipinski definition) is 3. The SMILES string of the molecule is [2H]C12CCCCC1([2H])N1c3cc(N(c4ccccc4)c4ccccc4)ccc3B3c4ccc5c(c4N(c4ccccc4)c4ccc2c1c43)CCCC5. The summed E-state index contributed by atoms with van der Waals surface area (Å²) in [7, 11) is 0. The summed E-state index contributed by atoms with van der Waals surface area (Å²) in [5, 5.41) is 0. The minimum absolute atomic E-state index is 0.00157. The Balaban J connectivity index is 1.22. The first-order valence-corrected chi connectivity index (χ1v) is 18.6. The molecule has 4 heteroatoms. The van der Waals surface area contributed by atoms with Crippen LogP contribution >= 0.6 is 0 Å².